The molecule has 0 spiro atoms. The molecule has 2 aromatic carbocycles. The first kappa shape index (κ1) is 23.2. The SMILES string of the molecule is C=CCn1c(SCC(=O)Nc2cc(OC)ccc2OC)nnc1-c1ccc(OCC)cc1. The van der Waals surface area contributed by atoms with Gasteiger partial charge < -0.3 is 19.5 Å². The van der Waals surface area contributed by atoms with Crippen molar-refractivity contribution >= 4 is 23.4 Å². The molecule has 0 fully saturated rings. The van der Waals surface area contributed by atoms with Crippen LogP contribution in [0.4, 0.5) is 5.69 Å². The van der Waals surface area contributed by atoms with Crippen LogP contribution in [-0.2, 0) is 11.3 Å². The molecule has 0 bridgehead atoms. The maximum Gasteiger partial charge on any atom is 0.234 e. The monoisotopic (exact) mass is 454 g/mol. The topological polar surface area (TPSA) is 87.5 Å². The first-order valence-electron chi connectivity index (χ1n) is 10.0. The number of methoxy groups -OCH3 is 2. The van der Waals surface area contributed by atoms with Crippen molar-refractivity contribution in [3.05, 3.63) is 55.1 Å². The molecule has 0 unspecified atom stereocenters. The molecule has 3 aromatic rings. The van der Waals surface area contributed by atoms with E-state index in [1.807, 2.05) is 35.8 Å². The van der Waals surface area contributed by atoms with Gasteiger partial charge >= 0.3 is 0 Å². The predicted molar refractivity (Wildman–Crippen MR) is 126 cm³/mol. The average molecular weight is 455 g/mol. The van der Waals surface area contributed by atoms with Crippen molar-refractivity contribution in [2.24, 2.45) is 0 Å². The van der Waals surface area contributed by atoms with Gasteiger partial charge in [0.05, 0.1) is 32.3 Å². The number of carbonyl (C=O) groups excluding carboxylic acids is 1. The Morgan fingerprint density at radius 3 is 2.53 bits per heavy atom. The second-order valence-corrected chi connectivity index (χ2v) is 7.51. The number of thioether (sulfide) groups is 1. The number of hydrogen-bond donors (Lipinski definition) is 1. The van der Waals surface area contributed by atoms with E-state index in [0.717, 1.165) is 11.3 Å². The molecule has 0 atom stereocenters. The van der Waals surface area contributed by atoms with Crippen LogP contribution in [0.25, 0.3) is 11.4 Å². The van der Waals surface area contributed by atoms with Crippen molar-refractivity contribution in [3.63, 3.8) is 0 Å². The number of rotatable bonds is 11. The predicted octanol–water partition coefficient (Wildman–Crippen LogP) is 4.28. The van der Waals surface area contributed by atoms with Gasteiger partial charge in [0, 0.05) is 18.2 Å². The van der Waals surface area contributed by atoms with Crippen LogP contribution in [0, 0.1) is 0 Å². The minimum absolute atomic E-state index is 0.152. The van der Waals surface area contributed by atoms with Crippen LogP contribution in [0.3, 0.4) is 0 Å². The number of benzene rings is 2. The summed E-state index contributed by atoms with van der Waals surface area (Å²) >= 11 is 1.30. The quantitative estimate of drug-likeness (QED) is 0.342. The lowest BCUT2D eigenvalue weighted by Crippen LogP contribution is -2.15. The maximum absolute atomic E-state index is 12.6. The second kappa shape index (κ2) is 11.2. The van der Waals surface area contributed by atoms with Crippen LogP contribution in [-0.4, -0.2) is 47.3 Å². The number of hydrogen-bond acceptors (Lipinski definition) is 7. The van der Waals surface area contributed by atoms with Crippen LogP contribution in [0.5, 0.6) is 17.2 Å². The van der Waals surface area contributed by atoms with Gasteiger partial charge in [0.2, 0.25) is 5.91 Å². The second-order valence-electron chi connectivity index (χ2n) is 6.57. The number of carbonyl (C=O) groups is 1. The number of amides is 1. The summed E-state index contributed by atoms with van der Waals surface area (Å²) in [6.45, 7) is 6.89. The van der Waals surface area contributed by atoms with Gasteiger partial charge in [-0.1, -0.05) is 17.8 Å². The van der Waals surface area contributed by atoms with Crippen LogP contribution in [0.1, 0.15) is 6.92 Å². The minimum Gasteiger partial charge on any atom is -0.497 e. The zero-order chi connectivity index (χ0) is 22.9. The highest BCUT2D eigenvalue weighted by atomic mass is 32.2. The zero-order valence-corrected chi connectivity index (χ0v) is 19.1. The van der Waals surface area contributed by atoms with E-state index in [4.69, 9.17) is 14.2 Å². The summed E-state index contributed by atoms with van der Waals surface area (Å²) in [6.07, 6.45) is 1.77. The molecular weight excluding hydrogens is 428 g/mol. The summed E-state index contributed by atoms with van der Waals surface area (Å²) in [6, 6.07) is 12.9. The zero-order valence-electron chi connectivity index (χ0n) is 18.3. The summed E-state index contributed by atoms with van der Waals surface area (Å²) in [5.41, 5.74) is 1.44. The van der Waals surface area contributed by atoms with Crippen molar-refractivity contribution in [2.45, 2.75) is 18.6 Å². The Bertz CT molecular complexity index is 1070. The number of nitrogens with one attached hydrogen (secondary N) is 1. The van der Waals surface area contributed by atoms with Gasteiger partial charge in [0.15, 0.2) is 11.0 Å². The molecule has 1 heterocycles. The molecule has 0 radical (unpaired) electrons. The molecular formula is C23H26N4O4S. The molecule has 1 amide bonds. The van der Waals surface area contributed by atoms with E-state index in [0.29, 0.717) is 41.3 Å². The molecule has 0 aliphatic carbocycles. The largest absolute Gasteiger partial charge is 0.497 e. The Balaban J connectivity index is 1.72. The molecule has 32 heavy (non-hydrogen) atoms. The van der Waals surface area contributed by atoms with Crippen LogP contribution >= 0.6 is 11.8 Å². The summed E-state index contributed by atoms with van der Waals surface area (Å²) < 4.78 is 18.0. The Labute approximate surface area is 191 Å². The van der Waals surface area contributed by atoms with Crippen LogP contribution < -0.4 is 19.5 Å². The summed E-state index contributed by atoms with van der Waals surface area (Å²) in [7, 11) is 3.12. The number of ether oxygens (including phenoxy) is 3. The van der Waals surface area contributed by atoms with Crippen LogP contribution in [0.2, 0.25) is 0 Å². The van der Waals surface area contributed by atoms with E-state index >= 15 is 0 Å². The van der Waals surface area contributed by atoms with Crippen molar-refractivity contribution in [1.82, 2.24) is 14.8 Å². The third-order valence-electron chi connectivity index (χ3n) is 4.47. The van der Waals surface area contributed by atoms with Gasteiger partial charge in [-0.05, 0) is 43.3 Å². The van der Waals surface area contributed by atoms with Crippen molar-refractivity contribution < 1.29 is 19.0 Å². The lowest BCUT2D eigenvalue weighted by atomic mass is 10.2. The van der Waals surface area contributed by atoms with Crippen molar-refractivity contribution in [3.8, 4) is 28.6 Å². The fourth-order valence-electron chi connectivity index (χ4n) is 3.00. The van der Waals surface area contributed by atoms with Gasteiger partial charge in [0.25, 0.3) is 0 Å². The van der Waals surface area contributed by atoms with E-state index in [-0.39, 0.29) is 11.7 Å². The fraction of sp³-hybridized carbons (Fsp3) is 0.261. The van der Waals surface area contributed by atoms with E-state index < -0.39 is 0 Å². The lowest BCUT2D eigenvalue weighted by molar-refractivity contribution is -0.113. The maximum atomic E-state index is 12.6. The Morgan fingerprint density at radius 2 is 1.88 bits per heavy atom. The molecule has 168 valence electrons. The van der Waals surface area contributed by atoms with E-state index in [1.54, 1.807) is 38.5 Å². The van der Waals surface area contributed by atoms with Crippen molar-refractivity contribution in [2.75, 3.05) is 31.9 Å². The Morgan fingerprint density at radius 1 is 1.12 bits per heavy atom. The van der Waals surface area contributed by atoms with Gasteiger partial charge in [-0.15, -0.1) is 16.8 Å². The standard InChI is InChI=1S/C23H26N4O4S/c1-5-13-27-22(16-7-9-17(10-8-16)31-6-2)25-26-23(27)32-15-21(28)24-19-14-18(29-3)11-12-20(19)30-4/h5,7-12,14H,1,6,13,15H2,2-4H3,(H,24,28). The summed E-state index contributed by atoms with van der Waals surface area (Å²) in [5.74, 6) is 2.63. The highest BCUT2D eigenvalue weighted by molar-refractivity contribution is 7.99. The third kappa shape index (κ3) is 5.61. The van der Waals surface area contributed by atoms with E-state index in [1.165, 1.54) is 11.8 Å². The molecule has 1 aromatic heterocycles. The minimum atomic E-state index is -0.197. The number of aromatic nitrogens is 3. The molecule has 0 saturated carbocycles. The summed E-state index contributed by atoms with van der Waals surface area (Å²) in [5, 5.41) is 12.1. The number of allylic oxidation sites excluding steroid dienone is 1. The normalized spacial score (nSPS) is 10.5. The third-order valence-corrected chi connectivity index (χ3v) is 5.43. The number of nitrogens with zero attached hydrogens (tertiary/aromatic N) is 3. The highest BCUT2D eigenvalue weighted by Gasteiger charge is 2.16. The average Bonchev–Trinajstić information content (AvgIpc) is 3.21. The highest BCUT2D eigenvalue weighted by Crippen LogP contribution is 2.30. The molecule has 1 N–H and O–H groups in total. The Kier molecular flexibility index (Phi) is 8.15. The van der Waals surface area contributed by atoms with E-state index in [9.17, 15) is 4.79 Å². The van der Waals surface area contributed by atoms with Crippen LogP contribution in [0.15, 0.2) is 60.3 Å². The fourth-order valence-corrected chi connectivity index (χ4v) is 3.75. The number of anilines is 1. The van der Waals surface area contributed by atoms with Gasteiger partial charge in [-0.3, -0.25) is 9.36 Å². The molecule has 3 rings (SSSR count). The molecule has 8 nitrogen and oxygen atoms in total. The van der Waals surface area contributed by atoms with Gasteiger partial charge in [-0.2, -0.15) is 0 Å². The first-order chi connectivity index (χ1) is 15.6. The summed E-state index contributed by atoms with van der Waals surface area (Å²) in [4.78, 5) is 12.6. The van der Waals surface area contributed by atoms with E-state index in [2.05, 4.69) is 22.1 Å². The smallest absolute Gasteiger partial charge is 0.234 e. The molecule has 0 saturated heterocycles. The first-order valence-corrected chi connectivity index (χ1v) is 11.0. The van der Waals surface area contributed by atoms with Crippen molar-refractivity contribution in [1.29, 1.82) is 0 Å². The molecule has 9 heteroatoms. The van der Waals surface area contributed by atoms with Gasteiger partial charge in [0.1, 0.15) is 17.2 Å². The molecule has 0 aliphatic heterocycles. The Hall–Kier alpha value is -3.46. The van der Waals surface area contributed by atoms with Gasteiger partial charge in [-0.25, -0.2) is 0 Å². The lowest BCUT2D eigenvalue weighted by Gasteiger charge is -2.12. The molecule has 0 aliphatic rings.